The second kappa shape index (κ2) is 6.38. The number of sulfonamides is 1. The first-order valence-electron chi connectivity index (χ1n) is 8.65. The standard InChI is InChI=1S/C19H18N2O5S/c1-12-5-7-16-17-10-13(6-8-18(17)26-19(16)9-12)20-27(24,25)15-4-2-3-14(11-15)21(22)23/h2-4,6,8,10-12,20H,5,7,9H2,1H3/t12-/m1/s1. The minimum Gasteiger partial charge on any atom is -0.461 e. The number of hydrogen-bond donors (Lipinski definition) is 1. The lowest BCUT2D eigenvalue weighted by atomic mass is 9.88. The zero-order valence-electron chi connectivity index (χ0n) is 14.6. The summed E-state index contributed by atoms with van der Waals surface area (Å²) in [4.78, 5) is 10.1. The molecule has 7 nitrogen and oxygen atoms in total. The van der Waals surface area contributed by atoms with Gasteiger partial charge in [-0.3, -0.25) is 14.8 Å². The molecule has 1 aliphatic rings. The molecule has 0 radical (unpaired) electrons. The Balaban J connectivity index is 1.69. The van der Waals surface area contributed by atoms with Crippen LogP contribution in [0.1, 0.15) is 24.7 Å². The van der Waals surface area contributed by atoms with Gasteiger partial charge in [0.1, 0.15) is 11.3 Å². The lowest BCUT2D eigenvalue weighted by Gasteiger charge is -2.16. The van der Waals surface area contributed by atoms with Crippen molar-refractivity contribution >= 4 is 32.4 Å². The maximum absolute atomic E-state index is 12.6. The van der Waals surface area contributed by atoms with Gasteiger partial charge in [0.05, 0.1) is 9.82 Å². The van der Waals surface area contributed by atoms with Gasteiger partial charge in [-0.15, -0.1) is 0 Å². The molecule has 0 saturated heterocycles. The number of anilines is 1. The zero-order valence-corrected chi connectivity index (χ0v) is 15.5. The van der Waals surface area contributed by atoms with E-state index in [0.29, 0.717) is 11.6 Å². The molecule has 1 atom stereocenters. The summed E-state index contributed by atoms with van der Waals surface area (Å²) in [6.07, 6.45) is 2.87. The highest BCUT2D eigenvalue weighted by atomic mass is 32.2. The van der Waals surface area contributed by atoms with E-state index in [-0.39, 0.29) is 10.6 Å². The van der Waals surface area contributed by atoms with E-state index in [4.69, 9.17) is 4.42 Å². The average molecular weight is 386 g/mol. The molecule has 0 spiro atoms. The first-order chi connectivity index (χ1) is 12.8. The molecule has 1 N–H and O–H groups in total. The molecule has 0 fully saturated rings. The predicted molar refractivity (Wildman–Crippen MR) is 101 cm³/mol. The van der Waals surface area contributed by atoms with Gasteiger partial charge in [0.2, 0.25) is 0 Å². The van der Waals surface area contributed by atoms with Gasteiger partial charge < -0.3 is 4.42 Å². The molecular weight excluding hydrogens is 368 g/mol. The summed E-state index contributed by atoms with van der Waals surface area (Å²) in [5, 5.41) is 11.8. The largest absolute Gasteiger partial charge is 0.461 e. The summed E-state index contributed by atoms with van der Waals surface area (Å²) >= 11 is 0. The number of fused-ring (bicyclic) bond motifs is 3. The Kier molecular flexibility index (Phi) is 4.15. The van der Waals surface area contributed by atoms with Crippen LogP contribution in [0.5, 0.6) is 0 Å². The van der Waals surface area contributed by atoms with Crippen molar-refractivity contribution in [1.82, 2.24) is 0 Å². The summed E-state index contributed by atoms with van der Waals surface area (Å²) in [7, 11) is -3.94. The fourth-order valence-corrected chi connectivity index (χ4v) is 4.58. The Morgan fingerprint density at radius 2 is 2.04 bits per heavy atom. The van der Waals surface area contributed by atoms with E-state index in [1.807, 2.05) is 0 Å². The van der Waals surface area contributed by atoms with Crippen LogP contribution in [-0.4, -0.2) is 13.3 Å². The molecule has 2 aromatic carbocycles. The van der Waals surface area contributed by atoms with E-state index in [9.17, 15) is 18.5 Å². The van der Waals surface area contributed by atoms with Crippen molar-refractivity contribution in [1.29, 1.82) is 0 Å². The van der Waals surface area contributed by atoms with Crippen molar-refractivity contribution in [2.45, 2.75) is 31.1 Å². The molecular formula is C19H18N2O5S. The predicted octanol–water partition coefficient (Wildman–Crippen LogP) is 4.27. The first-order valence-corrected chi connectivity index (χ1v) is 10.1. The first kappa shape index (κ1) is 17.5. The summed E-state index contributed by atoms with van der Waals surface area (Å²) in [6.45, 7) is 2.19. The van der Waals surface area contributed by atoms with Crippen molar-refractivity contribution in [3.05, 3.63) is 63.9 Å². The van der Waals surface area contributed by atoms with Crippen LogP contribution in [0.4, 0.5) is 11.4 Å². The van der Waals surface area contributed by atoms with Gasteiger partial charge in [-0.2, -0.15) is 0 Å². The number of aryl methyl sites for hydroxylation is 1. The highest BCUT2D eigenvalue weighted by Crippen LogP contribution is 2.35. The van der Waals surface area contributed by atoms with Gasteiger partial charge in [0, 0.05) is 35.2 Å². The molecule has 0 aliphatic heterocycles. The molecule has 1 aromatic heterocycles. The van der Waals surface area contributed by atoms with Crippen LogP contribution in [-0.2, 0) is 22.9 Å². The molecule has 0 unspecified atom stereocenters. The van der Waals surface area contributed by atoms with Crippen LogP contribution in [0.2, 0.25) is 0 Å². The molecule has 1 aliphatic carbocycles. The topological polar surface area (TPSA) is 102 Å². The Labute approximate surface area is 156 Å². The van der Waals surface area contributed by atoms with E-state index in [1.165, 1.54) is 18.2 Å². The van der Waals surface area contributed by atoms with Crippen LogP contribution in [0.3, 0.4) is 0 Å². The third-order valence-corrected chi connectivity index (χ3v) is 6.27. The summed E-state index contributed by atoms with van der Waals surface area (Å²) in [5.74, 6) is 1.55. The highest BCUT2D eigenvalue weighted by molar-refractivity contribution is 7.92. The maximum Gasteiger partial charge on any atom is 0.270 e. The number of non-ortho nitro benzene ring substituents is 1. The van der Waals surface area contributed by atoms with E-state index in [1.54, 1.807) is 18.2 Å². The van der Waals surface area contributed by atoms with Gasteiger partial charge in [0.25, 0.3) is 15.7 Å². The normalized spacial score (nSPS) is 16.9. The van der Waals surface area contributed by atoms with Crippen LogP contribution >= 0.6 is 0 Å². The quantitative estimate of drug-likeness (QED) is 0.533. The van der Waals surface area contributed by atoms with Gasteiger partial charge in [-0.1, -0.05) is 13.0 Å². The van der Waals surface area contributed by atoms with E-state index in [0.717, 1.165) is 47.6 Å². The second-order valence-electron chi connectivity index (χ2n) is 6.92. The smallest absolute Gasteiger partial charge is 0.270 e. The van der Waals surface area contributed by atoms with Gasteiger partial charge in [-0.25, -0.2) is 8.42 Å². The number of nitrogens with zero attached hydrogens (tertiary/aromatic N) is 1. The molecule has 8 heteroatoms. The Morgan fingerprint density at radius 3 is 2.81 bits per heavy atom. The summed E-state index contributed by atoms with van der Waals surface area (Å²) < 4.78 is 33.7. The fourth-order valence-electron chi connectivity index (χ4n) is 3.49. The van der Waals surface area contributed by atoms with E-state index < -0.39 is 14.9 Å². The van der Waals surface area contributed by atoms with E-state index >= 15 is 0 Å². The SMILES string of the molecule is C[C@@H]1CCc2c(oc3ccc(NS(=O)(=O)c4cccc([N+](=O)[O-])c4)cc23)C1. The van der Waals surface area contributed by atoms with Crippen LogP contribution in [0, 0.1) is 16.0 Å². The number of nitrogens with one attached hydrogen (secondary N) is 1. The average Bonchev–Trinajstić information content (AvgIpc) is 2.98. The molecule has 27 heavy (non-hydrogen) atoms. The van der Waals surface area contributed by atoms with Crippen LogP contribution < -0.4 is 4.72 Å². The summed E-state index contributed by atoms with van der Waals surface area (Å²) in [5.41, 5.74) is 2.01. The Morgan fingerprint density at radius 1 is 1.22 bits per heavy atom. The highest BCUT2D eigenvalue weighted by Gasteiger charge is 2.23. The van der Waals surface area contributed by atoms with Crippen LogP contribution in [0.25, 0.3) is 11.0 Å². The number of nitro groups is 1. The van der Waals surface area contributed by atoms with Crippen LogP contribution in [0.15, 0.2) is 51.8 Å². The third kappa shape index (κ3) is 3.28. The molecule has 0 amide bonds. The molecule has 3 aromatic rings. The minimum absolute atomic E-state index is 0.153. The van der Waals surface area contributed by atoms with E-state index in [2.05, 4.69) is 11.6 Å². The third-order valence-electron chi connectivity index (χ3n) is 4.89. The molecule has 1 heterocycles. The van der Waals surface area contributed by atoms with Gasteiger partial charge in [0.15, 0.2) is 0 Å². The lowest BCUT2D eigenvalue weighted by Crippen LogP contribution is -2.13. The lowest BCUT2D eigenvalue weighted by molar-refractivity contribution is -0.385. The monoisotopic (exact) mass is 386 g/mol. The number of benzene rings is 2. The number of nitro benzene ring substituents is 1. The zero-order chi connectivity index (χ0) is 19.2. The van der Waals surface area contributed by atoms with Gasteiger partial charge >= 0.3 is 0 Å². The number of furan rings is 1. The van der Waals surface area contributed by atoms with Gasteiger partial charge in [-0.05, 0) is 43.0 Å². The molecule has 4 rings (SSSR count). The van der Waals surface area contributed by atoms with Crippen molar-refractivity contribution in [2.24, 2.45) is 5.92 Å². The molecule has 140 valence electrons. The van der Waals surface area contributed by atoms with Crippen molar-refractivity contribution < 1.29 is 17.8 Å². The van der Waals surface area contributed by atoms with Crippen molar-refractivity contribution in [3.8, 4) is 0 Å². The second-order valence-corrected chi connectivity index (χ2v) is 8.61. The fraction of sp³-hybridized carbons (Fsp3) is 0.263. The molecule has 0 saturated carbocycles. The number of hydrogen-bond acceptors (Lipinski definition) is 5. The Bertz CT molecular complexity index is 1150. The maximum atomic E-state index is 12.6. The molecule has 0 bridgehead atoms. The van der Waals surface area contributed by atoms with Crippen molar-refractivity contribution in [2.75, 3.05) is 4.72 Å². The minimum atomic E-state index is -3.94. The summed E-state index contributed by atoms with van der Waals surface area (Å²) in [6, 6.07) is 10.1. The number of rotatable bonds is 4. The van der Waals surface area contributed by atoms with Crippen molar-refractivity contribution in [3.63, 3.8) is 0 Å². The Hall–Kier alpha value is -2.87.